The first-order valence-corrected chi connectivity index (χ1v) is 6.40. The quantitative estimate of drug-likeness (QED) is 0.482. The lowest BCUT2D eigenvalue weighted by atomic mass is 10.1. The Morgan fingerprint density at radius 3 is 2.55 bits per heavy atom. The van der Waals surface area contributed by atoms with Crippen LogP contribution in [0, 0.1) is 0 Å². The highest BCUT2D eigenvalue weighted by atomic mass is 35.6. The Morgan fingerprint density at radius 2 is 2.09 bits per heavy atom. The average molecular weight is 183 g/mol. The fraction of sp³-hybridized carbons (Fsp3) is 0.111. The second kappa shape index (κ2) is 3.74. The molecule has 0 aliphatic heterocycles. The second-order valence-corrected chi connectivity index (χ2v) is 4.40. The van der Waals surface area contributed by atoms with E-state index in [4.69, 9.17) is 11.1 Å². The zero-order chi connectivity index (χ0) is 8.27. The Balaban J connectivity index is 3.12. The van der Waals surface area contributed by atoms with E-state index in [9.17, 15) is 0 Å². The smallest absolute Gasteiger partial charge is 0.156 e. The number of rotatable bonds is 2. The van der Waals surface area contributed by atoms with Gasteiger partial charge in [-0.3, -0.25) is 0 Å². The van der Waals surface area contributed by atoms with E-state index in [0.29, 0.717) is 0 Å². The van der Waals surface area contributed by atoms with Gasteiger partial charge in [0.15, 0.2) is 8.83 Å². The van der Waals surface area contributed by atoms with Crippen LogP contribution in [0.25, 0.3) is 5.57 Å². The molecule has 0 N–H and O–H groups in total. The van der Waals surface area contributed by atoms with Crippen molar-refractivity contribution in [2.24, 2.45) is 0 Å². The van der Waals surface area contributed by atoms with Crippen LogP contribution in [0.2, 0.25) is 0 Å². The van der Waals surface area contributed by atoms with Crippen LogP contribution in [-0.4, -0.2) is 8.83 Å². The van der Waals surface area contributed by atoms with E-state index >= 15 is 0 Å². The van der Waals surface area contributed by atoms with E-state index in [1.807, 2.05) is 19.1 Å². The van der Waals surface area contributed by atoms with Crippen molar-refractivity contribution in [1.29, 1.82) is 0 Å². The first kappa shape index (κ1) is 8.56. The minimum absolute atomic E-state index is 0.569. The van der Waals surface area contributed by atoms with Gasteiger partial charge in [0.2, 0.25) is 0 Å². The maximum atomic E-state index is 5.87. The first-order chi connectivity index (χ1) is 5.25. The van der Waals surface area contributed by atoms with Crippen molar-refractivity contribution in [2.45, 2.75) is 6.92 Å². The molecule has 0 aromatic heterocycles. The third-order valence-electron chi connectivity index (χ3n) is 1.62. The molecule has 0 fully saturated rings. The van der Waals surface area contributed by atoms with Gasteiger partial charge in [-0.15, -0.1) is 0 Å². The molecule has 1 aromatic rings. The maximum Gasteiger partial charge on any atom is 0.156 e. The van der Waals surface area contributed by atoms with Crippen molar-refractivity contribution in [3.05, 3.63) is 36.4 Å². The summed E-state index contributed by atoms with van der Waals surface area (Å²) in [6.45, 7) is 5.91. The van der Waals surface area contributed by atoms with Crippen LogP contribution >= 0.6 is 11.1 Å². The number of hydrogen-bond donors (Lipinski definition) is 0. The highest BCUT2D eigenvalue weighted by Crippen LogP contribution is 2.07. The van der Waals surface area contributed by atoms with Crippen LogP contribution in [0.1, 0.15) is 12.5 Å². The largest absolute Gasteiger partial charge is 0.170 e. The summed E-state index contributed by atoms with van der Waals surface area (Å²) >= 11 is 5.87. The first-order valence-electron chi connectivity index (χ1n) is 3.55. The van der Waals surface area contributed by atoms with Gasteiger partial charge in [-0.25, -0.2) is 0 Å². The third-order valence-corrected chi connectivity index (χ3v) is 3.39. The normalized spacial score (nSPS) is 10.7. The van der Waals surface area contributed by atoms with Gasteiger partial charge in [-0.05, 0) is 17.7 Å². The summed E-state index contributed by atoms with van der Waals surface area (Å²) in [4.78, 5) is 0. The van der Waals surface area contributed by atoms with Gasteiger partial charge in [0.25, 0.3) is 0 Å². The highest BCUT2D eigenvalue weighted by molar-refractivity contribution is 7.01. The van der Waals surface area contributed by atoms with Crippen LogP contribution in [0.3, 0.4) is 0 Å². The molecule has 0 amide bonds. The number of allylic oxidation sites excluding steroid dienone is 1. The number of halogens is 1. The fourth-order valence-electron chi connectivity index (χ4n) is 1.05. The van der Waals surface area contributed by atoms with Crippen LogP contribution in [0.4, 0.5) is 0 Å². The Kier molecular flexibility index (Phi) is 2.91. The minimum Gasteiger partial charge on any atom is -0.170 e. The zero-order valence-corrected chi connectivity index (χ0v) is 8.77. The highest BCUT2D eigenvalue weighted by Gasteiger charge is 1.99. The fourth-order valence-corrected chi connectivity index (χ4v) is 2.54. The second-order valence-electron chi connectivity index (χ2n) is 2.57. The molecular weight excluding hydrogens is 172 g/mol. The molecule has 0 aliphatic rings. The Morgan fingerprint density at radius 1 is 1.45 bits per heavy atom. The Bertz CT molecular complexity index is 268. The van der Waals surface area contributed by atoms with Crippen molar-refractivity contribution in [3.63, 3.8) is 0 Å². The van der Waals surface area contributed by atoms with Gasteiger partial charge in [0.1, 0.15) is 0 Å². The number of benzene rings is 1. The predicted molar refractivity (Wildman–Crippen MR) is 55.2 cm³/mol. The van der Waals surface area contributed by atoms with Crippen LogP contribution in [-0.2, 0) is 0 Å². The maximum absolute atomic E-state index is 5.87. The summed E-state index contributed by atoms with van der Waals surface area (Å²) in [5.41, 5.74) is 2.34. The molecule has 58 valence electrons. The van der Waals surface area contributed by atoms with Gasteiger partial charge in [0.05, 0.1) is 0 Å². The topological polar surface area (TPSA) is 0 Å². The molecule has 0 aliphatic carbocycles. The minimum atomic E-state index is -0.569. The van der Waals surface area contributed by atoms with Gasteiger partial charge in [0, 0.05) is 0 Å². The van der Waals surface area contributed by atoms with Crippen molar-refractivity contribution >= 4 is 30.7 Å². The van der Waals surface area contributed by atoms with Crippen LogP contribution in [0.5, 0.6) is 0 Å². The molecule has 0 unspecified atom stereocenters. The summed E-state index contributed by atoms with van der Waals surface area (Å²) in [6.07, 6.45) is 0. The molecular formula is C9H11ClSi. The molecule has 0 saturated heterocycles. The summed E-state index contributed by atoms with van der Waals surface area (Å²) in [5.74, 6) is 0. The lowest BCUT2D eigenvalue weighted by Crippen LogP contribution is -2.13. The Labute approximate surface area is 74.4 Å². The monoisotopic (exact) mass is 182 g/mol. The molecule has 0 saturated carbocycles. The molecule has 0 bridgehead atoms. The third kappa shape index (κ3) is 1.95. The van der Waals surface area contributed by atoms with Crippen LogP contribution < -0.4 is 5.19 Å². The van der Waals surface area contributed by atoms with Crippen molar-refractivity contribution < 1.29 is 0 Å². The van der Waals surface area contributed by atoms with Gasteiger partial charge >= 0.3 is 0 Å². The molecule has 11 heavy (non-hydrogen) atoms. The molecule has 0 nitrogen and oxygen atoms in total. The molecule has 0 spiro atoms. The lowest BCUT2D eigenvalue weighted by molar-refractivity contribution is 1.63. The van der Waals surface area contributed by atoms with Crippen molar-refractivity contribution in [1.82, 2.24) is 0 Å². The van der Waals surface area contributed by atoms with E-state index in [-0.39, 0.29) is 0 Å². The number of hydrogen-bond acceptors (Lipinski definition) is 0. The zero-order valence-electron chi connectivity index (χ0n) is 6.60. The predicted octanol–water partition coefficient (Wildman–Crippen LogP) is 1.67. The van der Waals surface area contributed by atoms with Crippen molar-refractivity contribution in [2.75, 3.05) is 0 Å². The average Bonchev–Trinajstić information content (AvgIpc) is 2.04. The standard InChI is InChI=1S/C9H11ClSi/c1-7(2)8-5-3-4-6-9(8)11-10/h3-6H,1,11H2,2H3. The molecule has 0 heterocycles. The SMILES string of the molecule is C=C(C)c1ccccc1[SiH2]Cl. The van der Waals surface area contributed by atoms with E-state index in [1.54, 1.807) is 0 Å². The van der Waals surface area contributed by atoms with E-state index < -0.39 is 8.83 Å². The van der Waals surface area contributed by atoms with E-state index in [2.05, 4.69) is 18.7 Å². The van der Waals surface area contributed by atoms with Gasteiger partial charge in [-0.2, -0.15) is 11.1 Å². The van der Waals surface area contributed by atoms with Crippen LogP contribution in [0.15, 0.2) is 30.8 Å². The summed E-state index contributed by atoms with van der Waals surface area (Å²) < 4.78 is 0. The lowest BCUT2D eigenvalue weighted by Gasteiger charge is -2.04. The summed E-state index contributed by atoms with van der Waals surface area (Å²) in [7, 11) is -0.569. The molecule has 0 radical (unpaired) electrons. The summed E-state index contributed by atoms with van der Waals surface area (Å²) in [5, 5.41) is 1.29. The molecule has 2 heteroatoms. The van der Waals surface area contributed by atoms with Gasteiger partial charge < -0.3 is 0 Å². The Hall–Kier alpha value is -0.533. The van der Waals surface area contributed by atoms with Gasteiger partial charge in [-0.1, -0.05) is 36.4 Å². The molecule has 1 aromatic carbocycles. The van der Waals surface area contributed by atoms with Crippen molar-refractivity contribution in [3.8, 4) is 0 Å². The molecule has 1 rings (SSSR count). The molecule has 0 atom stereocenters. The van der Waals surface area contributed by atoms with E-state index in [1.165, 1.54) is 10.8 Å². The summed E-state index contributed by atoms with van der Waals surface area (Å²) in [6, 6.07) is 8.21. The van der Waals surface area contributed by atoms with E-state index in [0.717, 1.165) is 5.57 Å².